The maximum Gasteiger partial charge on any atom is 0.138 e. The monoisotopic (exact) mass is 338 g/mol. The summed E-state index contributed by atoms with van der Waals surface area (Å²) in [5, 5.41) is 7.50. The number of anilines is 1. The lowest BCUT2D eigenvalue weighted by molar-refractivity contribution is 0.874. The van der Waals surface area contributed by atoms with Gasteiger partial charge in [0.15, 0.2) is 0 Å². The predicted molar refractivity (Wildman–Crippen MR) is 87.7 cm³/mol. The van der Waals surface area contributed by atoms with E-state index in [4.69, 9.17) is 23.2 Å². The fourth-order valence-corrected chi connectivity index (χ4v) is 3.67. The summed E-state index contributed by atoms with van der Waals surface area (Å²) in [6, 6.07) is 9.93. The van der Waals surface area contributed by atoms with Crippen LogP contribution in [0.15, 0.2) is 43.0 Å². The third kappa shape index (κ3) is 3.20. The first-order valence-corrected chi connectivity index (χ1v) is 7.87. The van der Waals surface area contributed by atoms with E-state index in [0.29, 0.717) is 4.34 Å². The second kappa shape index (κ2) is 6.05. The number of halogens is 2. The molecule has 0 amide bonds. The second-order valence-corrected chi connectivity index (χ2v) is 6.82. The van der Waals surface area contributed by atoms with Gasteiger partial charge < -0.3 is 5.32 Å². The van der Waals surface area contributed by atoms with Crippen LogP contribution in [0.5, 0.6) is 0 Å². The van der Waals surface area contributed by atoms with Crippen LogP contribution in [0.2, 0.25) is 8.67 Å². The van der Waals surface area contributed by atoms with Crippen LogP contribution in [0.3, 0.4) is 0 Å². The summed E-state index contributed by atoms with van der Waals surface area (Å²) in [6.07, 6.45) is 3.18. The van der Waals surface area contributed by atoms with E-state index in [0.717, 1.165) is 21.3 Å². The number of aromatic nitrogens is 3. The second-order valence-electron chi connectivity index (χ2n) is 4.53. The highest BCUT2D eigenvalue weighted by molar-refractivity contribution is 7.20. The summed E-state index contributed by atoms with van der Waals surface area (Å²) in [4.78, 5) is 3.93. The minimum atomic E-state index is 0.0819. The molecule has 1 unspecified atom stereocenters. The zero-order chi connectivity index (χ0) is 14.8. The number of benzene rings is 1. The Labute approximate surface area is 136 Å². The van der Waals surface area contributed by atoms with Crippen molar-refractivity contribution < 1.29 is 0 Å². The van der Waals surface area contributed by atoms with Gasteiger partial charge >= 0.3 is 0 Å². The number of nitrogens with one attached hydrogen (secondary N) is 1. The van der Waals surface area contributed by atoms with Gasteiger partial charge in [-0.05, 0) is 37.3 Å². The molecule has 0 spiro atoms. The largest absolute Gasteiger partial charge is 0.378 e. The van der Waals surface area contributed by atoms with E-state index in [1.807, 2.05) is 30.3 Å². The highest BCUT2D eigenvalue weighted by Crippen LogP contribution is 2.36. The van der Waals surface area contributed by atoms with Crippen molar-refractivity contribution in [1.29, 1.82) is 0 Å². The number of rotatable bonds is 4. The van der Waals surface area contributed by atoms with Crippen LogP contribution in [0.1, 0.15) is 18.5 Å². The van der Waals surface area contributed by atoms with Gasteiger partial charge in [0.2, 0.25) is 0 Å². The molecule has 0 saturated heterocycles. The van der Waals surface area contributed by atoms with Crippen LogP contribution in [-0.2, 0) is 0 Å². The summed E-state index contributed by atoms with van der Waals surface area (Å²) in [5.41, 5.74) is 2.97. The van der Waals surface area contributed by atoms with Crippen LogP contribution in [0.25, 0.3) is 5.69 Å². The summed E-state index contributed by atoms with van der Waals surface area (Å²) in [5.74, 6) is 0. The molecule has 4 nitrogen and oxygen atoms in total. The van der Waals surface area contributed by atoms with Gasteiger partial charge in [-0.15, -0.1) is 11.3 Å². The maximum absolute atomic E-state index is 6.17. The number of nitrogens with zero attached hydrogens (tertiary/aromatic N) is 3. The Balaban J connectivity index is 1.74. The van der Waals surface area contributed by atoms with Gasteiger partial charge in [0.25, 0.3) is 0 Å². The van der Waals surface area contributed by atoms with E-state index < -0.39 is 0 Å². The van der Waals surface area contributed by atoms with Crippen molar-refractivity contribution in [2.45, 2.75) is 13.0 Å². The summed E-state index contributed by atoms with van der Waals surface area (Å²) in [7, 11) is 0. The Morgan fingerprint density at radius 2 is 2.00 bits per heavy atom. The van der Waals surface area contributed by atoms with Crippen molar-refractivity contribution in [3.05, 3.63) is 57.2 Å². The quantitative estimate of drug-likeness (QED) is 0.742. The molecule has 0 saturated carbocycles. The summed E-state index contributed by atoms with van der Waals surface area (Å²) >= 11 is 13.5. The SMILES string of the molecule is CC(Nc1ccc(-n2cncn2)cc1)c1cc(Cl)sc1Cl. The first-order chi connectivity index (χ1) is 10.1. The molecule has 3 rings (SSSR count). The van der Waals surface area contributed by atoms with Crippen LogP contribution in [0, 0.1) is 0 Å². The van der Waals surface area contributed by atoms with Crippen LogP contribution >= 0.6 is 34.5 Å². The Morgan fingerprint density at radius 3 is 2.57 bits per heavy atom. The highest BCUT2D eigenvalue weighted by Gasteiger charge is 2.13. The predicted octanol–water partition coefficient (Wildman–Crippen LogP) is 4.81. The van der Waals surface area contributed by atoms with E-state index in [1.165, 1.54) is 17.7 Å². The highest BCUT2D eigenvalue weighted by atomic mass is 35.5. The van der Waals surface area contributed by atoms with Crippen molar-refractivity contribution in [3.8, 4) is 5.69 Å². The molecule has 0 fully saturated rings. The van der Waals surface area contributed by atoms with E-state index >= 15 is 0 Å². The van der Waals surface area contributed by atoms with Crippen LogP contribution in [0.4, 0.5) is 5.69 Å². The number of hydrogen-bond donors (Lipinski definition) is 1. The Morgan fingerprint density at radius 1 is 1.24 bits per heavy atom. The van der Waals surface area contributed by atoms with Gasteiger partial charge in [-0.2, -0.15) is 5.10 Å². The molecular formula is C14H12Cl2N4S. The van der Waals surface area contributed by atoms with E-state index in [2.05, 4.69) is 22.3 Å². The normalized spacial score (nSPS) is 12.3. The average Bonchev–Trinajstić information content (AvgIpc) is 3.09. The Bertz CT molecular complexity index is 722. The van der Waals surface area contributed by atoms with Gasteiger partial charge in [0.05, 0.1) is 20.4 Å². The number of thiophene rings is 1. The van der Waals surface area contributed by atoms with E-state index in [9.17, 15) is 0 Å². The van der Waals surface area contributed by atoms with E-state index in [-0.39, 0.29) is 6.04 Å². The average molecular weight is 339 g/mol. The molecule has 1 atom stereocenters. The minimum Gasteiger partial charge on any atom is -0.378 e. The van der Waals surface area contributed by atoms with Crippen molar-refractivity contribution in [3.63, 3.8) is 0 Å². The van der Waals surface area contributed by atoms with Gasteiger partial charge in [-0.1, -0.05) is 23.2 Å². The molecular weight excluding hydrogens is 327 g/mol. The minimum absolute atomic E-state index is 0.0819. The first kappa shape index (κ1) is 14.4. The zero-order valence-electron chi connectivity index (χ0n) is 11.1. The lowest BCUT2D eigenvalue weighted by Crippen LogP contribution is -2.06. The Kier molecular flexibility index (Phi) is 4.14. The molecule has 21 heavy (non-hydrogen) atoms. The lowest BCUT2D eigenvalue weighted by atomic mass is 10.1. The lowest BCUT2D eigenvalue weighted by Gasteiger charge is -2.15. The molecule has 0 aliphatic rings. The molecule has 0 bridgehead atoms. The molecule has 7 heteroatoms. The van der Waals surface area contributed by atoms with Crippen molar-refractivity contribution >= 4 is 40.2 Å². The Hall–Kier alpha value is -1.56. The topological polar surface area (TPSA) is 42.7 Å². The molecule has 108 valence electrons. The summed E-state index contributed by atoms with van der Waals surface area (Å²) < 4.78 is 3.13. The smallest absolute Gasteiger partial charge is 0.138 e. The van der Waals surface area contributed by atoms with Gasteiger partial charge in [0, 0.05) is 11.3 Å². The van der Waals surface area contributed by atoms with E-state index in [1.54, 1.807) is 11.0 Å². The maximum atomic E-state index is 6.17. The number of hydrogen-bond acceptors (Lipinski definition) is 4. The van der Waals surface area contributed by atoms with Gasteiger partial charge in [0.1, 0.15) is 12.7 Å². The van der Waals surface area contributed by atoms with Crippen LogP contribution < -0.4 is 5.32 Å². The third-order valence-corrected chi connectivity index (χ3v) is 4.60. The van der Waals surface area contributed by atoms with Crippen molar-refractivity contribution in [2.75, 3.05) is 5.32 Å². The standard InChI is InChI=1S/C14H12Cl2N4S/c1-9(12-6-13(15)21-14(12)16)19-10-2-4-11(5-3-10)20-8-17-7-18-20/h2-9,19H,1H3. The first-order valence-electron chi connectivity index (χ1n) is 6.30. The van der Waals surface area contributed by atoms with Crippen molar-refractivity contribution in [2.24, 2.45) is 0 Å². The summed E-state index contributed by atoms with van der Waals surface area (Å²) in [6.45, 7) is 2.05. The molecule has 1 aromatic carbocycles. The van der Waals surface area contributed by atoms with Crippen molar-refractivity contribution in [1.82, 2.24) is 14.8 Å². The molecule has 3 aromatic rings. The molecule has 2 aromatic heterocycles. The van der Waals surface area contributed by atoms with Gasteiger partial charge in [-0.25, -0.2) is 9.67 Å². The molecule has 1 N–H and O–H groups in total. The van der Waals surface area contributed by atoms with Crippen LogP contribution in [-0.4, -0.2) is 14.8 Å². The molecule has 0 radical (unpaired) electrons. The molecule has 0 aliphatic carbocycles. The molecule has 0 aliphatic heterocycles. The third-order valence-electron chi connectivity index (χ3n) is 3.08. The molecule has 2 heterocycles. The fraction of sp³-hybridized carbons (Fsp3) is 0.143. The fourth-order valence-electron chi connectivity index (χ4n) is 2.03. The zero-order valence-corrected chi connectivity index (χ0v) is 13.5. The van der Waals surface area contributed by atoms with Gasteiger partial charge in [-0.3, -0.25) is 0 Å².